The van der Waals surface area contributed by atoms with Crippen LogP contribution < -0.4 is 4.90 Å². The Morgan fingerprint density at radius 1 is 1.37 bits per heavy atom. The lowest BCUT2D eigenvalue weighted by molar-refractivity contribution is 0.199. The molecule has 0 unspecified atom stereocenters. The summed E-state index contributed by atoms with van der Waals surface area (Å²) in [6, 6.07) is 3.99. The molecule has 1 aromatic heterocycles. The van der Waals surface area contributed by atoms with E-state index in [2.05, 4.69) is 28.9 Å². The second kappa shape index (κ2) is 6.35. The first-order chi connectivity index (χ1) is 9.06. The van der Waals surface area contributed by atoms with Crippen molar-refractivity contribution in [3.8, 4) is 0 Å². The fraction of sp³-hybridized carbons (Fsp3) is 0.667. The Balaban J connectivity index is 1.90. The summed E-state index contributed by atoms with van der Waals surface area (Å²) in [6.07, 6.45) is 3.81. The third kappa shape index (κ3) is 3.91. The van der Waals surface area contributed by atoms with Crippen LogP contribution in [0.25, 0.3) is 0 Å². The fourth-order valence-electron chi connectivity index (χ4n) is 2.69. The lowest BCUT2D eigenvalue weighted by Crippen LogP contribution is -2.37. The van der Waals surface area contributed by atoms with E-state index >= 15 is 0 Å². The van der Waals surface area contributed by atoms with Crippen LogP contribution in [0.2, 0.25) is 0 Å². The van der Waals surface area contributed by atoms with Gasteiger partial charge in [0, 0.05) is 25.8 Å². The molecule has 1 aliphatic rings. The van der Waals surface area contributed by atoms with Gasteiger partial charge in [-0.15, -0.1) is 0 Å². The summed E-state index contributed by atoms with van der Waals surface area (Å²) in [5, 5.41) is 9.49. The predicted octanol–water partition coefficient (Wildman–Crippen LogP) is 1.91. The zero-order chi connectivity index (χ0) is 13.8. The van der Waals surface area contributed by atoms with Crippen LogP contribution in [0.4, 0.5) is 5.82 Å². The first-order valence-corrected chi connectivity index (χ1v) is 7.10. The molecule has 2 rings (SSSR count). The molecule has 1 saturated heterocycles. The van der Waals surface area contributed by atoms with Gasteiger partial charge < -0.3 is 14.9 Å². The Bertz CT molecular complexity index is 381. The third-order valence-corrected chi connectivity index (χ3v) is 3.82. The minimum absolute atomic E-state index is 0.438. The van der Waals surface area contributed by atoms with Crippen molar-refractivity contribution in [1.82, 2.24) is 9.88 Å². The van der Waals surface area contributed by atoms with Crippen LogP contribution in [0, 0.1) is 5.92 Å². The van der Waals surface area contributed by atoms with Gasteiger partial charge in [-0.3, -0.25) is 0 Å². The summed E-state index contributed by atoms with van der Waals surface area (Å²) in [5.41, 5.74) is 0.881. The van der Waals surface area contributed by atoms with Crippen molar-refractivity contribution in [3.05, 3.63) is 23.9 Å². The minimum Gasteiger partial charge on any atom is -0.389 e. The van der Waals surface area contributed by atoms with Crippen LogP contribution in [0.15, 0.2) is 18.3 Å². The van der Waals surface area contributed by atoms with E-state index in [0.717, 1.165) is 30.4 Å². The summed E-state index contributed by atoms with van der Waals surface area (Å²) in [6.45, 7) is 5.12. The molecule has 1 aromatic rings. The number of hydrogen-bond donors (Lipinski definition) is 1. The SMILES string of the molecule is C[C@@H](O)c1ccc(N2CCC(CN(C)C)CC2)nc1. The summed E-state index contributed by atoms with van der Waals surface area (Å²) in [5.74, 6) is 1.84. The number of anilines is 1. The normalized spacial score (nSPS) is 18.9. The van der Waals surface area contributed by atoms with Gasteiger partial charge in [0.05, 0.1) is 6.10 Å². The van der Waals surface area contributed by atoms with Crippen LogP contribution in [0.1, 0.15) is 31.4 Å². The fourth-order valence-corrected chi connectivity index (χ4v) is 2.69. The quantitative estimate of drug-likeness (QED) is 0.901. The number of aromatic nitrogens is 1. The average Bonchev–Trinajstić information content (AvgIpc) is 2.39. The molecule has 0 spiro atoms. The van der Waals surface area contributed by atoms with Crippen molar-refractivity contribution in [2.45, 2.75) is 25.9 Å². The number of pyridine rings is 1. The maximum atomic E-state index is 9.49. The van der Waals surface area contributed by atoms with E-state index in [9.17, 15) is 5.11 Å². The highest BCUT2D eigenvalue weighted by molar-refractivity contribution is 5.40. The zero-order valence-electron chi connectivity index (χ0n) is 12.2. The molecule has 2 heterocycles. The molecule has 0 bridgehead atoms. The van der Waals surface area contributed by atoms with Crippen LogP contribution >= 0.6 is 0 Å². The van der Waals surface area contributed by atoms with Crippen molar-refractivity contribution in [2.75, 3.05) is 38.6 Å². The molecule has 19 heavy (non-hydrogen) atoms. The third-order valence-electron chi connectivity index (χ3n) is 3.82. The second-order valence-corrected chi connectivity index (χ2v) is 5.82. The zero-order valence-corrected chi connectivity index (χ0v) is 12.2. The maximum absolute atomic E-state index is 9.49. The molecule has 0 saturated carbocycles. The smallest absolute Gasteiger partial charge is 0.128 e. The van der Waals surface area contributed by atoms with Gasteiger partial charge in [0.25, 0.3) is 0 Å². The summed E-state index contributed by atoms with van der Waals surface area (Å²) >= 11 is 0. The molecule has 1 N–H and O–H groups in total. The average molecular weight is 263 g/mol. The summed E-state index contributed by atoms with van der Waals surface area (Å²) in [7, 11) is 4.28. The highest BCUT2D eigenvalue weighted by Crippen LogP contribution is 2.23. The number of rotatable bonds is 4. The Hall–Kier alpha value is -1.13. The monoisotopic (exact) mass is 263 g/mol. The van der Waals surface area contributed by atoms with Crippen LogP contribution in [-0.4, -0.2) is 48.7 Å². The molecule has 4 nitrogen and oxygen atoms in total. The van der Waals surface area contributed by atoms with E-state index in [-0.39, 0.29) is 0 Å². The highest BCUT2D eigenvalue weighted by atomic mass is 16.3. The number of hydrogen-bond acceptors (Lipinski definition) is 4. The predicted molar refractivity (Wildman–Crippen MR) is 78.4 cm³/mol. The molecule has 1 aliphatic heterocycles. The number of piperidine rings is 1. The maximum Gasteiger partial charge on any atom is 0.128 e. The van der Waals surface area contributed by atoms with Gasteiger partial charge in [0.2, 0.25) is 0 Å². The topological polar surface area (TPSA) is 39.6 Å². The molecular weight excluding hydrogens is 238 g/mol. The molecule has 0 radical (unpaired) electrons. The first kappa shape index (κ1) is 14.3. The number of aliphatic hydroxyl groups excluding tert-OH is 1. The van der Waals surface area contributed by atoms with Gasteiger partial charge >= 0.3 is 0 Å². The largest absolute Gasteiger partial charge is 0.389 e. The van der Waals surface area contributed by atoms with Gasteiger partial charge in [-0.2, -0.15) is 0 Å². The van der Waals surface area contributed by atoms with E-state index in [1.807, 2.05) is 12.1 Å². The Labute approximate surface area is 116 Å². The number of aliphatic hydroxyl groups is 1. The number of nitrogens with zero attached hydrogens (tertiary/aromatic N) is 3. The molecule has 106 valence electrons. The molecular formula is C15H25N3O. The Morgan fingerprint density at radius 2 is 2.05 bits per heavy atom. The molecule has 1 fully saturated rings. The van der Waals surface area contributed by atoms with E-state index in [4.69, 9.17) is 0 Å². The molecule has 0 aromatic carbocycles. The summed E-state index contributed by atoms with van der Waals surface area (Å²) in [4.78, 5) is 9.08. The van der Waals surface area contributed by atoms with E-state index < -0.39 is 6.10 Å². The van der Waals surface area contributed by atoms with Gasteiger partial charge in [-0.25, -0.2) is 4.98 Å². The molecule has 0 aliphatic carbocycles. The standard InChI is InChI=1S/C15H25N3O/c1-12(19)14-4-5-15(16-10-14)18-8-6-13(7-9-18)11-17(2)3/h4-5,10,12-13,19H,6-9,11H2,1-3H3/t12-/m1/s1. The van der Waals surface area contributed by atoms with Crippen LogP contribution in [-0.2, 0) is 0 Å². The van der Waals surface area contributed by atoms with Crippen molar-refractivity contribution in [2.24, 2.45) is 5.92 Å². The Morgan fingerprint density at radius 3 is 2.53 bits per heavy atom. The summed E-state index contributed by atoms with van der Waals surface area (Å²) < 4.78 is 0. The lowest BCUT2D eigenvalue weighted by Gasteiger charge is -2.34. The van der Waals surface area contributed by atoms with E-state index in [0.29, 0.717) is 0 Å². The van der Waals surface area contributed by atoms with E-state index in [1.54, 1.807) is 13.1 Å². The van der Waals surface area contributed by atoms with Gasteiger partial charge in [-0.1, -0.05) is 6.07 Å². The minimum atomic E-state index is -0.438. The van der Waals surface area contributed by atoms with Crippen LogP contribution in [0.3, 0.4) is 0 Å². The van der Waals surface area contributed by atoms with Gasteiger partial charge in [-0.05, 0) is 51.4 Å². The van der Waals surface area contributed by atoms with E-state index in [1.165, 1.54) is 19.4 Å². The van der Waals surface area contributed by atoms with Crippen molar-refractivity contribution in [1.29, 1.82) is 0 Å². The van der Waals surface area contributed by atoms with Crippen molar-refractivity contribution < 1.29 is 5.11 Å². The Kier molecular flexibility index (Phi) is 4.77. The molecule has 0 amide bonds. The highest BCUT2D eigenvalue weighted by Gasteiger charge is 2.20. The van der Waals surface area contributed by atoms with Crippen molar-refractivity contribution in [3.63, 3.8) is 0 Å². The second-order valence-electron chi connectivity index (χ2n) is 5.82. The van der Waals surface area contributed by atoms with Gasteiger partial charge in [0.15, 0.2) is 0 Å². The molecule has 1 atom stereocenters. The van der Waals surface area contributed by atoms with Crippen molar-refractivity contribution >= 4 is 5.82 Å². The first-order valence-electron chi connectivity index (χ1n) is 7.10. The van der Waals surface area contributed by atoms with Crippen LogP contribution in [0.5, 0.6) is 0 Å². The lowest BCUT2D eigenvalue weighted by atomic mass is 9.96. The molecule has 4 heteroatoms. The van der Waals surface area contributed by atoms with Gasteiger partial charge in [0.1, 0.15) is 5.82 Å².